The SMILES string of the molecule is CCCCC/C=C\C/C=C\CCCCCCCC(=O)OC[C@H](COC(=O)CCCCCCC/C=C\CCCCCCCC)OC(=O)CCCCCCCCCCCCC. The molecule has 0 aliphatic heterocycles. The van der Waals surface area contributed by atoms with Crippen LogP contribution in [-0.4, -0.2) is 37.2 Å². The number of carbonyl (C=O) groups is 3. The van der Waals surface area contributed by atoms with E-state index < -0.39 is 6.10 Å². The molecule has 0 fully saturated rings. The number of carbonyl (C=O) groups excluding carboxylic acids is 3. The third-order valence-corrected chi connectivity index (χ3v) is 11.1. The van der Waals surface area contributed by atoms with E-state index >= 15 is 0 Å². The van der Waals surface area contributed by atoms with Crippen LogP contribution in [0.4, 0.5) is 0 Å². The molecule has 0 unspecified atom stereocenters. The second-order valence-corrected chi connectivity index (χ2v) is 17.1. The van der Waals surface area contributed by atoms with Crippen LogP contribution in [0.5, 0.6) is 0 Å². The van der Waals surface area contributed by atoms with E-state index in [1.165, 1.54) is 141 Å². The van der Waals surface area contributed by atoms with Gasteiger partial charge < -0.3 is 14.2 Å². The molecule has 0 N–H and O–H groups in total. The molecule has 0 aromatic carbocycles. The van der Waals surface area contributed by atoms with Crippen LogP contribution in [0.3, 0.4) is 0 Å². The van der Waals surface area contributed by atoms with Crippen molar-refractivity contribution >= 4 is 17.9 Å². The van der Waals surface area contributed by atoms with Crippen LogP contribution in [0.15, 0.2) is 36.5 Å². The molecule has 1 atom stereocenters. The van der Waals surface area contributed by atoms with Gasteiger partial charge >= 0.3 is 17.9 Å². The van der Waals surface area contributed by atoms with Crippen LogP contribution >= 0.6 is 0 Å². The molecule has 0 saturated heterocycles. The Morgan fingerprint density at radius 2 is 0.610 bits per heavy atom. The van der Waals surface area contributed by atoms with E-state index in [0.717, 1.165) is 83.5 Å². The lowest BCUT2D eigenvalue weighted by atomic mass is 10.1. The molecule has 0 spiro atoms. The van der Waals surface area contributed by atoms with Gasteiger partial charge in [-0.25, -0.2) is 0 Å². The van der Waals surface area contributed by atoms with Crippen molar-refractivity contribution in [3.05, 3.63) is 36.5 Å². The zero-order chi connectivity index (χ0) is 43.0. The fraction of sp³-hybridized carbons (Fsp3) is 0.830. The summed E-state index contributed by atoms with van der Waals surface area (Å²) in [5.74, 6) is -0.892. The van der Waals surface area contributed by atoms with E-state index in [4.69, 9.17) is 14.2 Å². The number of rotatable bonds is 46. The molecule has 59 heavy (non-hydrogen) atoms. The summed E-state index contributed by atoms with van der Waals surface area (Å²) in [6.07, 6.45) is 55.5. The standard InChI is InChI=1S/C53H96O6/c1-4-7-10-13-16-19-22-24-26-28-31-33-36-39-42-45-51(54)57-48-50(59-53(56)47-44-41-38-35-30-21-18-15-12-9-6-3)49-58-52(55)46-43-40-37-34-32-29-27-25-23-20-17-14-11-8-5-2/h16,19,24-27,50H,4-15,17-18,20-23,28-49H2,1-3H3/b19-16-,26-24-,27-25-/t50-/m1/s1. The minimum Gasteiger partial charge on any atom is -0.462 e. The summed E-state index contributed by atoms with van der Waals surface area (Å²) in [5.41, 5.74) is 0. The zero-order valence-corrected chi connectivity index (χ0v) is 39.3. The van der Waals surface area contributed by atoms with Gasteiger partial charge in [-0.2, -0.15) is 0 Å². The van der Waals surface area contributed by atoms with Gasteiger partial charge in [-0.15, -0.1) is 0 Å². The van der Waals surface area contributed by atoms with E-state index in [1.54, 1.807) is 0 Å². The van der Waals surface area contributed by atoms with E-state index in [1.807, 2.05) is 0 Å². The topological polar surface area (TPSA) is 78.9 Å². The molecule has 0 bridgehead atoms. The normalized spacial score (nSPS) is 12.3. The molecule has 0 saturated carbocycles. The number of esters is 3. The molecule has 0 radical (unpaired) electrons. The van der Waals surface area contributed by atoms with Crippen molar-refractivity contribution in [2.24, 2.45) is 0 Å². The molecule has 6 heteroatoms. The first-order valence-electron chi connectivity index (χ1n) is 25.5. The highest BCUT2D eigenvalue weighted by Crippen LogP contribution is 2.15. The fourth-order valence-corrected chi connectivity index (χ4v) is 7.23. The minimum absolute atomic E-state index is 0.0785. The van der Waals surface area contributed by atoms with Crippen molar-refractivity contribution in [1.82, 2.24) is 0 Å². The van der Waals surface area contributed by atoms with Gasteiger partial charge in [-0.3, -0.25) is 14.4 Å². The van der Waals surface area contributed by atoms with Crippen molar-refractivity contribution in [2.45, 2.75) is 271 Å². The van der Waals surface area contributed by atoms with Crippen LogP contribution in [0.25, 0.3) is 0 Å². The van der Waals surface area contributed by atoms with Crippen molar-refractivity contribution in [3.63, 3.8) is 0 Å². The molecule has 0 rings (SSSR count). The lowest BCUT2D eigenvalue weighted by Gasteiger charge is -2.18. The summed E-state index contributed by atoms with van der Waals surface area (Å²) in [5, 5.41) is 0. The molecule has 0 aromatic heterocycles. The summed E-state index contributed by atoms with van der Waals surface area (Å²) >= 11 is 0. The molecule has 6 nitrogen and oxygen atoms in total. The van der Waals surface area contributed by atoms with Gasteiger partial charge in [-0.05, 0) is 77.0 Å². The molecular formula is C53H96O6. The molecule has 344 valence electrons. The number of allylic oxidation sites excluding steroid dienone is 6. The van der Waals surface area contributed by atoms with Crippen molar-refractivity contribution < 1.29 is 28.6 Å². The number of ether oxygens (including phenoxy) is 3. The lowest BCUT2D eigenvalue weighted by Crippen LogP contribution is -2.30. The molecule has 0 aliphatic carbocycles. The van der Waals surface area contributed by atoms with Crippen molar-refractivity contribution in [2.75, 3.05) is 13.2 Å². The zero-order valence-electron chi connectivity index (χ0n) is 39.3. The first kappa shape index (κ1) is 56.6. The Kier molecular flexibility index (Phi) is 46.4. The third kappa shape index (κ3) is 46.5. The van der Waals surface area contributed by atoms with Gasteiger partial charge in [0.2, 0.25) is 0 Å². The second kappa shape index (κ2) is 48.3. The first-order chi connectivity index (χ1) is 29.0. The molecule has 0 aromatic rings. The monoisotopic (exact) mass is 829 g/mol. The lowest BCUT2D eigenvalue weighted by molar-refractivity contribution is -0.167. The second-order valence-electron chi connectivity index (χ2n) is 17.1. The minimum atomic E-state index is -0.776. The highest BCUT2D eigenvalue weighted by molar-refractivity contribution is 5.71. The van der Waals surface area contributed by atoms with E-state index in [0.29, 0.717) is 19.3 Å². The average Bonchev–Trinajstić information content (AvgIpc) is 3.23. The maximum Gasteiger partial charge on any atom is 0.306 e. The Bertz CT molecular complexity index is 1000. The van der Waals surface area contributed by atoms with Crippen LogP contribution in [0.2, 0.25) is 0 Å². The highest BCUT2D eigenvalue weighted by Gasteiger charge is 2.19. The van der Waals surface area contributed by atoms with Crippen LogP contribution in [-0.2, 0) is 28.6 Å². The number of unbranched alkanes of at least 4 members (excludes halogenated alkanes) is 29. The highest BCUT2D eigenvalue weighted by atomic mass is 16.6. The first-order valence-corrected chi connectivity index (χ1v) is 25.5. The van der Waals surface area contributed by atoms with Crippen molar-refractivity contribution in [1.29, 1.82) is 0 Å². The Morgan fingerprint density at radius 1 is 0.339 bits per heavy atom. The van der Waals surface area contributed by atoms with Gasteiger partial charge in [0.25, 0.3) is 0 Å². The molecule has 0 heterocycles. The number of hydrogen-bond acceptors (Lipinski definition) is 6. The Labute approximate surface area is 365 Å². The van der Waals surface area contributed by atoms with Gasteiger partial charge in [0.15, 0.2) is 6.10 Å². The predicted molar refractivity (Wildman–Crippen MR) is 252 cm³/mol. The molecule has 0 amide bonds. The van der Waals surface area contributed by atoms with Crippen molar-refractivity contribution in [3.8, 4) is 0 Å². The third-order valence-electron chi connectivity index (χ3n) is 11.1. The quantitative estimate of drug-likeness (QED) is 0.0263. The Balaban J connectivity index is 4.37. The van der Waals surface area contributed by atoms with Gasteiger partial charge in [0, 0.05) is 19.3 Å². The summed E-state index contributed by atoms with van der Waals surface area (Å²) in [6.45, 7) is 6.59. The Morgan fingerprint density at radius 3 is 0.983 bits per heavy atom. The summed E-state index contributed by atoms with van der Waals surface area (Å²) in [6, 6.07) is 0. The maximum absolute atomic E-state index is 12.7. The maximum atomic E-state index is 12.7. The van der Waals surface area contributed by atoms with Crippen LogP contribution in [0, 0.1) is 0 Å². The fourth-order valence-electron chi connectivity index (χ4n) is 7.23. The smallest absolute Gasteiger partial charge is 0.306 e. The molecule has 0 aliphatic rings. The predicted octanol–water partition coefficient (Wildman–Crippen LogP) is 16.5. The van der Waals surface area contributed by atoms with E-state index in [-0.39, 0.29) is 31.1 Å². The average molecular weight is 829 g/mol. The Hall–Kier alpha value is -2.37. The van der Waals surface area contributed by atoms with Crippen LogP contribution in [0.1, 0.15) is 265 Å². The number of hydrogen-bond donors (Lipinski definition) is 0. The summed E-state index contributed by atoms with van der Waals surface area (Å²) in [7, 11) is 0. The summed E-state index contributed by atoms with van der Waals surface area (Å²) in [4.78, 5) is 37.9. The largest absolute Gasteiger partial charge is 0.462 e. The van der Waals surface area contributed by atoms with E-state index in [2.05, 4.69) is 57.2 Å². The summed E-state index contributed by atoms with van der Waals surface area (Å²) < 4.78 is 16.8. The van der Waals surface area contributed by atoms with Crippen LogP contribution < -0.4 is 0 Å². The van der Waals surface area contributed by atoms with Gasteiger partial charge in [0.1, 0.15) is 13.2 Å². The van der Waals surface area contributed by atoms with E-state index in [9.17, 15) is 14.4 Å². The molecular weight excluding hydrogens is 733 g/mol. The van der Waals surface area contributed by atoms with Gasteiger partial charge in [0.05, 0.1) is 0 Å². The van der Waals surface area contributed by atoms with Gasteiger partial charge in [-0.1, -0.05) is 205 Å².